The quantitative estimate of drug-likeness (QED) is 0.847. The minimum absolute atomic E-state index is 0.135. The highest BCUT2D eigenvalue weighted by Gasteiger charge is 2.23. The van der Waals surface area contributed by atoms with Crippen molar-refractivity contribution in [1.82, 2.24) is 0 Å². The molecule has 14 heavy (non-hydrogen) atoms. The van der Waals surface area contributed by atoms with E-state index >= 15 is 0 Å². The van der Waals surface area contributed by atoms with Crippen molar-refractivity contribution in [1.29, 1.82) is 0 Å². The molecule has 1 aliphatic heterocycles. The Hall–Kier alpha value is -0.190. The minimum Gasteiger partial charge on any atom is -0.381 e. The van der Waals surface area contributed by atoms with E-state index < -0.39 is 0 Å². The fourth-order valence-corrected chi connectivity index (χ4v) is 3.04. The molecule has 0 N–H and O–H groups in total. The van der Waals surface area contributed by atoms with Crippen LogP contribution in [0.25, 0.3) is 0 Å². The van der Waals surface area contributed by atoms with Gasteiger partial charge in [-0.1, -0.05) is 0 Å². The number of thiophene rings is 1. The fraction of sp³-hybridized carbons (Fsp3) is 0.500. The van der Waals surface area contributed by atoms with E-state index in [1.807, 2.05) is 12.1 Å². The standard InChI is InChI=1S/C10H11BrO2S/c11-10-2-1-8(14-10)5-9(12)7-3-4-13-6-7/h1-2,7H,3-6H2. The van der Waals surface area contributed by atoms with Crippen molar-refractivity contribution in [2.75, 3.05) is 13.2 Å². The maximum Gasteiger partial charge on any atom is 0.143 e. The molecule has 4 heteroatoms. The molecule has 2 rings (SSSR count). The van der Waals surface area contributed by atoms with Crippen LogP contribution in [0, 0.1) is 5.92 Å². The number of rotatable bonds is 3. The van der Waals surface area contributed by atoms with Crippen LogP contribution < -0.4 is 0 Å². The van der Waals surface area contributed by atoms with Gasteiger partial charge >= 0.3 is 0 Å². The molecule has 2 heterocycles. The number of carbonyl (C=O) groups excluding carboxylic acids is 1. The molecule has 0 aromatic carbocycles. The molecule has 1 aromatic heterocycles. The highest BCUT2D eigenvalue weighted by Crippen LogP contribution is 2.24. The molecule has 0 saturated carbocycles. The second kappa shape index (κ2) is 4.55. The average molecular weight is 275 g/mol. The Morgan fingerprint density at radius 3 is 3.07 bits per heavy atom. The third kappa shape index (κ3) is 2.43. The molecular weight excluding hydrogens is 264 g/mol. The highest BCUT2D eigenvalue weighted by molar-refractivity contribution is 9.11. The van der Waals surface area contributed by atoms with E-state index in [1.54, 1.807) is 11.3 Å². The van der Waals surface area contributed by atoms with Crippen molar-refractivity contribution in [3.63, 3.8) is 0 Å². The second-order valence-corrected chi connectivity index (χ2v) is 5.96. The maximum atomic E-state index is 11.7. The van der Waals surface area contributed by atoms with Gasteiger partial charge in [-0.15, -0.1) is 11.3 Å². The first-order chi connectivity index (χ1) is 6.75. The maximum absolute atomic E-state index is 11.7. The molecule has 1 fully saturated rings. The van der Waals surface area contributed by atoms with Crippen LogP contribution in [-0.2, 0) is 16.0 Å². The van der Waals surface area contributed by atoms with E-state index in [9.17, 15) is 4.79 Å². The summed E-state index contributed by atoms with van der Waals surface area (Å²) in [6.07, 6.45) is 1.45. The Labute approximate surface area is 95.4 Å². The van der Waals surface area contributed by atoms with Crippen LogP contribution in [0.1, 0.15) is 11.3 Å². The highest BCUT2D eigenvalue weighted by atomic mass is 79.9. The summed E-state index contributed by atoms with van der Waals surface area (Å²) in [7, 11) is 0. The van der Waals surface area contributed by atoms with Crippen molar-refractivity contribution < 1.29 is 9.53 Å². The summed E-state index contributed by atoms with van der Waals surface area (Å²) in [6.45, 7) is 1.36. The van der Waals surface area contributed by atoms with Crippen LogP contribution in [0.3, 0.4) is 0 Å². The Bertz CT molecular complexity index is 329. The molecule has 1 aliphatic rings. The summed E-state index contributed by atoms with van der Waals surface area (Å²) in [6, 6.07) is 3.99. The zero-order valence-electron chi connectivity index (χ0n) is 7.66. The van der Waals surface area contributed by atoms with Crippen LogP contribution in [-0.4, -0.2) is 19.0 Å². The summed E-state index contributed by atoms with van der Waals surface area (Å²) in [4.78, 5) is 12.9. The van der Waals surface area contributed by atoms with Crippen LogP contribution in [0.5, 0.6) is 0 Å². The first-order valence-electron chi connectivity index (χ1n) is 4.60. The van der Waals surface area contributed by atoms with Gasteiger partial charge in [0.05, 0.1) is 10.4 Å². The summed E-state index contributed by atoms with van der Waals surface area (Å²) in [5.41, 5.74) is 0. The second-order valence-electron chi connectivity index (χ2n) is 3.41. The third-order valence-electron chi connectivity index (χ3n) is 2.36. The molecule has 0 bridgehead atoms. The van der Waals surface area contributed by atoms with Gasteiger partial charge in [0.15, 0.2) is 0 Å². The Balaban J connectivity index is 1.93. The van der Waals surface area contributed by atoms with Gasteiger partial charge in [-0.25, -0.2) is 0 Å². The number of carbonyl (C=O) groups is 1. The first kappa shape index (κ1) is 10.3. The molecule has 0 spiro atoms. The monoisotopic (exact) mass is 274 g/mol. The molecule has 1 saturated heterocycles. The number of Topliss-reactive ketones (excluding diaryl/α,β-unsaturated/α-hetero) is 1. The van der Waals surface area contributed by atoms with Gasteiger partial charge < -0.3 is 4.74 Å². The zero-order chi connectivity index (χ0) is 9.97. The van der Waals surface area contributed by atoms with Crippen LogP contribution in [0.15, 0.2) is 15.9 Å². The zero-order valence-corrected chi connectivity index (χ0v) is 10.1. The van der Waals surface area contributed by atoms with Crippen molar-refractivity contribution in [3.8, 4) is 0 Å². The van der Waals surface area contributed by atoms with Crippen molar-refractivity contribution in [2.45, 2.75) is 12.8 Å². The van der Waals surface area contributed by atoms with Crippen LogP contribution in [0.4, 0.5) is 0 Å². The van der Waals surface area contributed by atoms with Crippen LogP contribution in [0.2, 0.25) is 0 Å². The minimum atomic E-state index is 0.135. The Morgan fingerprint density at radius 1 is 1.64 bits per heavy atom. The molecule has 1 atom stereocenters. The number of hydrogen-bond acceptors (Lipinski definition) is 3. The fourth-order valence-electron chi connectivity index (χ4n) is 1.55. The summed E-state index contributed by atoms with van der Waals surface area (Å²) in [5.74, 6) is 0.452. The number of hydrogen-bond donors (Lipinski definition) is 0. The lowest BCUT2D eigenvalue weighted by atomic mass is 10.0. The van der Waals surface area contributed by atoms with Gasteiger partial charge in [-0.05, 0) is 34.5 Å². The largest absolute Gasteiger partial charge is 0.381 e. The van der Waals surface area contributed by atoms with E-state index in [2.05, 4.69) is 15.9 Å². The van der Waals surface area contributed by atoms with Crippen molar-refractivity contribution in [2.24, 2.45) is 5.92 Å². The smallest absolute Gasteiger partial charge is 0.143 e. The number of halogens is 1. The Morgan fingerprint density at radius 2 is 2.50 bits per heavy atom. The van der Waals surface area contributed by atoms with E-state index in [4.69, 9.17) is 4.74 Å². The number of ether oxygens (including phenoxy) is 1. The number of ketones is 1. The predicted molar refractivity (Wildman–Crippen MR) is 59.7 cm³/mol. The van der Waals surface area contributed by atoms with Gasteiger partial charge in [0.2, 0.25) is 0 Å². The summed E-state index contributed by atoms with van der Waals surface area (Å²) in [5, 5.41) is 0. The van der Waals surface area contributed by atoms with Crippen molar-refractivity contribution >= 4 is 33.0 Å². The molecule has 2 nitrogen and oxygen atoms in total. The van der Waals surface area contributed by atoms with Gasteiger partial charge in [0.25, 0.3) is 0 Å². The van der Waals surface area contributed by atoms with Gasteiger partial charge in [-0.3, -0.25) is 4.79 Å². The molecular formula is C10H11BrO2S. The van der Waals surface area contributed by atoms with E-state index in [0.717, 1.165) is 21.7 Å². The Kier molecular flexibility index (Phi) is 3.36. The van der Waals surface area contributed by atoms with E-state index in [-0.39, 0.29) is 5.92 Å². The summed E-state index contributed by atoms with van der Waals surface area (Å²) < 4.78 is 6.28. The van der Waals surface area contributed by atoms with Gasteiger partial charge in [-0.2, -0.15) is 0 Å². The predicted octanol–water partition coefficient (Wildman–Crippen LogP) is 2.66. The topological polar surface area (TPSA) is 26.3 Å². The average Bonchev–Trinajstić information content (AvgIpc) is 2.75. The van der Waals surface area contributed by atoms with Gasteiger partial charge in [0, 0.05) is 23.8 Å². The normalized spacial score (nSPS) is 21.4. The third-order valence-corrected chi connectivity index (χ3v) is 3.99. The van der Waals surface area contributed by atoms with E-state index in [0.29, 0.717) is 18.8 Å². The van der Waals surface area contributed by atoms with Crippen LogP contribution >= 0.6 is 27.3 Å². The summed E-state index contributed by atoms with van der Waals surface area (Å²) >= 11 is 5.02. The first-order valence-corrected chi connectivity index (χ1v) is 6.21. The molecule has 0 aliphatic carbocycles. The van der Waals surface area contributed by atoms with Gasteiger partial charge in [0.1, 0.15) is 5.78 Å². The molecule has 1 unspecified atom stereocenters. The van der Waals surface area contributed by atoms with Crippen molar-refractivity contribution in [3.05, 3.63) is 20.8 Å². The van der Waals surface area contributed by atoms with E-state index in [1.165, 1.54) is 0 Å². The SMILES string of the molecule is O=C(Cc1ccc(Br)s1)C1CCOC1. The molecule has 1 aromatic rings. The molecule has 0 radical (unpaired) electrons. The molecule has 0 amide bonds. The lowest BCUT2D eigenvalue weighted by molar-refractivity contribution is -0.122. The lowest BCUT2D eigenvalue weighted by Gasteiger charge is -2.03. The lowest BCUT2D eigenvalue weighted by Crippen LogP contribution is -2.16. The molecule has 76 valence electrons.